The van der Waals surface area contributed by atoms with Gasteiger partial charge < -0.3 is 4.74 Å². The first-order chi connectivity index (χ1) is 11.2. The van der Waals surface area contributed by atoms with Gasteiger partial charge in [0.15, 0.2) is 0 Å². The van der Waals surface area contributed by atoms with Crippen LogP contribution in [0, 0.1) is 0 Å². The summed E-state index contributed by atoms with van der Waals surface area (Å²) in [6, 6.07) is 0. The Morgan fingerprint density at radius 3 is 1.83 bits per heavy atom. The lowest BCUT2D eigenvalue weighted by Gasteiger charge is -2.02. The summed E-state index contributed by atoms with van der Waals surface area (Å²) in [5.41, 5.74) is 0.369. The predicted octanol–water partition coefficient (Wildman–Crippen LogP) is 5.64. The number of rotatable bonds is 14. The van der Waals surface area contributed by atoms with Crippen LogP contribution in [0.1, 0.15) is 90.4 Å². The van der Waals surface area contributed by atoms with Crippen LogP contribution in [0.15, 0.2) is 23.8 Å². The standard InChI is InChI=1S/C20H32O3/c1-2-3-4-5-6-7-8-9-10-11-12-13-14-15-16-18-17-19(21)23-20(18)22/h15-17H,2-14H2,1H3. The molecule has 0 saturated heterocycles. The lowest BCUT2D eigenvalue weighted by atomic mass is 10.0. The number of hydrogen-bond acceptors (Lipinski definition) is 3. The molecule has 0 fully saturated rings. The number of allylic oxidation sites excluding steroid dienone is 1. The Kier molecular flexibility index (Phi) is 11.2. The van der Waals surface area contributed by atoms with E-state index in [0.29, 0.717) is 5.57 Å². The van der Waals surface area contributed by atoms with Crippen molar-refractivity contribution in [2.45, 2.75) is 90.4 Å². The van der Waals surface area contributed by atoms with Crippen LogP contribution >= 0.6 is 0 Å². The summed E-state index contributed by atoms with van der Waals surface area (Å²) in [4.78, 5) is 22.0. The molecule has 1 rings (SSSR count). The van der Waals surface area contributed by atoms with Crippen molar-refractivity contribution < 1.29 is 14.3 Å². The van der Waals surface area contributed by atoms with Crippen molar-refractivity contribution in [3.63, 3.8) is 0 Å². The van der Waals surface area contributed by atoms with E-state index < -0.39 is 11.9 Å². The molecule has 23 heavy (non-hydrogen) atoms. The number of carbonyl (C=O) groups excluding carboxylic acids is 2. The highest BCUT2D eigenvalue weighted by Gasteiger charge is 2.20. The van der Waals surface area contributed by atoms with Crippen LogP contribution in [-0.4, -0.2) is 11.9 Å². The van der Waals surface area contributed by atoms with Crippen molar-refractivity contribution >= 4 is 11.9 Å². The topological polar surface area (TPSA) is 43.4 Å². The SMILES string of the molecule is CCCCCCCCCCCCCCC=CC1=CC(=O)OC1=O. The molecule has 0 aliphatic carbocycles. The summed E-state index contributed by atoms with van der Waals surface area (Å²) < 4.78 is 4.42. The zero-order chi connectivity index (χ0) is 16.8. The Balaban J connectivity index is 1.84. The van der Waals surface area contributed by atoms with Crippen LogP contribution in [0.25, 0.3) is 0 Å². The lowest BCUT2D eigenvalue weighted by Crippen LogP contribution is -2.00. The van der Waals surface area contributed by atoms with Gasteiger partial charge in [-0.3, -0.25) is 0 Å². The summed E-state index contributed by atoms with van der Waals surface area (Å²) >= 11 is 0. The number of ether oxygens (including phenoxy) is 1. The Bertz CT molecular complexity index is 407. The third kappa shape index (κ3) is 10.1. The second-order valence-electron chi connectivity index (χ2n) is 6.39. The van der Waals surface area contributed by atoms with Gasteiger partial charge in [0.2, 0.25) is 0 Å². The molecule has 0 aromatic carbocycles. The highest BCUT2D eigenvalue weighted by molar-refractivity contribution is 6.10. The second-order valence-corrected chi connectivity index (χ2v) is 6.39. The maximum Gasteiger partial charge on any atom is 0.346 e. The second kappa shape index (κ2) is 13.1. The fourth-order valence-electron chi connectivity index (χ4n) is 2.80. The highest BCUT2D eigenvalue weighted by Crippen LogP contribution is 2.13. The van der Waals surface area contributed by atoms with Gasteiger partial charge in [-0.05, 0) is 12.8 Å². The van der Waals surface area contributed by atoms with E-state index in [9.17, 15) is 9.59 Å². The molecule has 0 unspecified atom stereocenters. The first kappa shape index (κ1) is 19.7. The molecule has 0 amide bonds. The van der Waals surface area contributed by atoms with Crippen LogP contribution in [0.2, 0.25) is 0 Å². The highest BCUT2D eigenvalue weighted by atomic mass is 16.6. The molecule has 1 heterocycles. The Hall–Kier alpha value is -1.38. The Morgan fingerprint density at radius 1 is 0.826 bits per heavy atom. The van der Waals surface area contributed by atoms with E-state index in [4.69, 9.17) is 0 Å². The van der Waals surface area contributed by atoms with Crippen molar-refractivity contribution in [1.29, 1.82) is 0 Å². The van der Waals surface area contributed by atoms with Crippen molar-refractivity contribution in [2.24, 2.45) is 0 Å². The molecule has 3 heteroatoms. The van der Waals surface area contributed by atoms with Gasteiger partial charge in [-0.15, -0.1) is 0 Å². The molecule has 0 saturated carbocycles. The summed E-state index contributed by atoms with van der Waals surface area (Å²) in [6.45, 7) is 2.26. The first-order valence-electron chi connectivity index (χ1n) is 9.38. The first-order valence-corrected chi connectivity index (χ1v) is 9.38. The minimum absolute atomic E-state index is 0.369. The van der Waals surface area contributed by atoms with Gasteiger partial charge in [0, 0.05) is 6.08 Å². The van der Waals surface area contributed by atoms with E-state index in [1.807, 2.05) is 6.08 Å². The predicted molar refractivity (Wildman–Crippen MR) is 94.0 cm³/mol. The molecule has 0 bridgehead atoms. The fraction of sp³-hybridized carbons (Fsp3) is 0.700. The van der Waals surface area contributed by atoms with Crippen LogP contribution in [0.5, 0.6) is 0 Å². The van der Waals surface area contributed by atoms with E-state index in [-0.39, 0.29) is 0 Å². The van der Waals surface area contributed by atoms with Crippen LogP contribution in [0.4, 0.5) is 0 Å². The van der Waals surface area contributed by atoms with E-state index in [2.05, 4.69) is 11.7 Å². The minimum Gasteiger partial charge on any atom is -0.386 e. The fourth-order valence-corrected chi connectivity index (χ4v) is 2.80. The molecule has 130 valence electrons. The van der Waals surface area contributed by atoms with Gasteiger partial charge in [-0.1, -0.05) is 89.7 Å². The van der Waals surface area contributed by atoms with Gasteiger partial charge in [0.25, 0.3) is 0 Å². The Morgan fingerprint density at radius 2 is 1.35 bits per heavy atom. The maximum absolute atomic E-state index is 11.2. The summed E-state index contributed by atoms with van der Waals surface area (Å²) in [5, 5.41) is 0. The van der Waals surface area contributed by atoms with Gasteiger partial charge in [-0.25, -0.2) is 9.59 Å². The van der Waals surface area contributed by atoms with Crippen LogP contribution in [-0.2, 0) is 14.3 Å². The molecule has 1 aliphatic heterocycles. The molecule has 0 aromatic rings. The molecule has 0 spiro atoms. The lowest BCUT2D eigenvalue weighted by molar-refractivity contribution is -0.150. The molecule has 0 N–H and O–H groups in total. The number of hydrogen-bond donors (Lipinski definition) is 0. The number of carbonyl (C=O) groups is 2. The molecule has 0 radical (unpaired) electrons. The van der Waals surface area contributed by atoms with Gasteiger partial charge in [-0.2, -0.15) is 0 Å². The summed E-state index contributed by atoms with van der Waals surface area (Å²) in [5.74, 6) is -1.08. The minimum atomic E-state index is -0.556. The average molecular weight is 320 g/mol. The molecule has 0 atom stereocenters. The van der Waals surface area contributed by atoms with Crippen LogP contribution in [0.3, 0.4) is 0 Å². The van der Waals surface area contributed by atoms with Crippen molar-refractivity contribution in [3.8, 4) is 0 Å². The third-order valence-corrected chi connectivity index (χ3v) is 4.22. The molecule has 3 nitrogen and oxygen atoms in total. The van der Waals surface area contributed by atoms with Gasteiger partial charge in [0.05, 0.1) is 5.57 Å². The summed E-state index contributed by atoms with van der Waals surface area (Å²) in [7, 11) is 0. The molecular weight excluding hydrogens is 288 g/mol. The third-order valence-electron chi connectivity index (χ3n) is 4.22. The van der Waals surface area contributed by atoms with E-state index in [0.717, 1.165) is 12.8 Å². The van der Waals surface area contributed by atoms with Crippen molar-refractivity contribution in [2.75, 3.05) is 0 Å². The van der Waals surface area contributed by atoms with Crippen LogP contribution < -0.4 is 0 Å². The maximum atomic E-state index is 11.2. The summed E-state index contributed by atoms with van der Waals surface area (Å²) in [6.07, 6.45) is 22.0. The monoisotopic (exact) mass is 320 g/mol. The van der Waals surface area contributed by atoms with E-state index >= 15 is 0 Å². The average Bonchev–Trinajstić information content (AvgIpc) is 2.85. The molecule has 1 aliphatic rings. The van der Waals surface area contributed by atoms with Gasteiger partial charge in [0.1, 0.15) is 0 Å². The molecular formula is C20H32O3. The van der Waals surface area contributed by atoms with E-state index in [1.54, 1.807) is 6.08 Å². The largest absolute Gasteiger partial charge is 0.386 e. The number of cyclic esters (lactones) is 2. The quantitative estimate of drug-likeness (QED) is 0.236. The Labute approximate surface area is 141 Å². The van der Waals surface area contributed by atoms with Crippen molar-refractivity contribution in [1.82, 2.24) is 0 Å². The zero-order valence-corrected chi connectivity index (χ0v) is 14.6. The zero-order valence-electron chi connectivity index (χ0n) is 14.6. The van der Waals surface area contributed by atoms with Crippen molar-refractivity contribution in [3.05, 3.63) is 23.8 Å². The normalized spacial score (nSPS) is 14.6. The molecule has 0 aromatic heterocycles. The smallest absolute Gasteiger partial charge is 0.346 e. The number of esters is 2. The van der Waals surface area contributed by atoms with E-state index in [1.165, 1.54) is 76.7 Å². The number of unbranched alkanes of at least 4 members (excludes halogenated alkanes) is 12. The van der Waals surface area contributed by atoms with Gasteiger partial charge >= 0.3 is 11.9 Å².